The Kier molecular flexibility index (Phi) is 6.84. The van der Waals surface area contributed by atoms with E-state index in [4.69, 9.17) is 26.9 Å². The predicted octanol–water partition coefficient (Wildman–Crippen LogP) is 4.06. The number of rotatable bonds is 5. The van der Waals surface area contributed by atoms with Gasteiger partial charge in [-0.15, -0.1) is 0 Å². The molecule has 0 spiro atoms. The van der Waals surface area contributed by atoms with Gasteiger partial charge in [0.25, 0.3) is 0 Å². The van der Waals surface area contributed by atoms with E-state index in [2.05, 4.69) is 27.1 Å². The average Bonchev–Trinajstić information content (AvgIpc) is 2.67. The number of amidine groups is 1. The highest BCUT2D eigenvalue weighted by atomic mass is 35.5. The van der Waals surface area contributed by atoms with E-state index in [1.54, 1.807) is 26.4 Å². The molecule has 0 radical (unpaired) electrons. The number of nitrogens with one attached hydrogen (secondary N) is 1. The Morgan fingerprint density at radius 1 is 1.27 bits per heavy atom. The molecule has 138 valence electrons. The normalized spacial score (nSPS) is 11.2. The van der Waals surface area contributed by atoms with Crippen LogP contribution in [0, 0.1) is 6.92 Å². The second kappa shape index (κ2) is 8.88. The van der Waals surface area contributed by atoms with Gasteiger partial charge in [0, 0.05) is 17.2 Å². The standard InChI is InChI=1S/C17H20ClN5O2S/c1-9-6-12(11-7-10(24-3)8-13(25-4)14(11)18)16(23-19)21-15(9)22-17(20-2)26-5/h6-8H,2,19H2,1,3-5H3,(H,21,23). The van der Waals surface area contributed by atoms with Gasteiger partial charge in [-0.25, -0.2) is 20.8 Å². The van der Waals surface area contributed by atoms with Crippen LogP contribution in [0.2, 0.25) is 5.02 Å². The second-order valence-electron chi connectivity index (χ2n) is 5.12. The van der Waals surface area contributed by atoms with E-state index in [1.807, 2.05) is 19.2 Å². The van der Waals surface area contributed by atoms with Crippen molar-refractivity contribution >= 4 is 46.9 Å². The van der Waals surface area contributed by atoms with E-state index in [9.17, 15) is 0 Å². The van der Waals surface area contributed by atoms with Crippen LogP contribution in [0.4, 0.5) is 11.6 Å². The van der Waals surface area contributed by atoms with Gasteiger partial charge in [0.05, 0.1) is 19.2 Å². The molecule has 0 saturated heterocycles. The minimum absolute atomic E-state index is 0.413. The Morgan fingerprint density at radius 2 is 2.00 bits per heavy atom. The van der Waals surface area contributed by atoms with Gasteiger partial charge in [0.15, 0.2) is 11.0 Å². The summed E-state index contributed by atoms with van der Waals surface area (Å²) >= 11 is 7.87. The third kappa shape index (κ3) is 4.09. The molecule has 0 aliphatic carbocycles. The molecule has 1 aromatic carbocycles. The molecule has 0 amide bonds. The number of aryl methyl sites for hydroxylation is 1. The zero-order valence-corrected chi connectivity index (χ0v) is 16.5. The topological polar surface area (TPSA) is 94.1 Å². The maximum absolute atomic E-state index is 6.49. The molecule has 0 fully saturated rings. The first-order valence-electron chi connectivity index (χ1n) is 7.48. The summed E-state index contributed by atoms with van der Waals surface area (Å²) in [6.45, 7) is 5.39. The molecule has 2 aromatic rings. The quantitative estimate of drug-likeness (QED) is 0.344. The van der Waals surface area contributed by atoms with Crippen molar-refractivity contribution in [3.63, 3.8) is 0 Å². The molecule has 7 nitrogen and oxygen atoms in total. The van der Waals surface area contributed by atoms with Crippen LogP contribution in [-0.2, 0) is 0 Å². The van der Waals surface area contributed by atoms with E-state index in [0.29, 0.717) is 44.5 Å². The first-order valence-corrected chi connectivity index (χ1v) is 9.08. The summed E-state index contributed by atoms with van der Waals surface area (Å²) in [5, 5.41) is 0.942. The van der Waals surface area contributed by atoms with Gasteiger partial charge in [-0.2, -0.15) is 0 Å². The number of halogens is 1. The number of nitrogen functional groups attached to an aromatic ring is 1. The van der Waals surface area contributed by atoms with Crippen molar-refractivity contribution in [3.05, 3.63) is 28.8 Å². The highest BCUT2D eigenvalue weighted by molar-refractivity contribution is 8.13. The minimum Gasteiger partial charge on any atom is -0.497 e. The molecule has 1 heterocycles. The van der Waals surface area contributed by atoms with Gasteiger partial charge < -0.3 is 14.9 Å². The molecule has 0 atom stereocenters. The Balaban J connectivity index is 2.70. The van der Waals surface area contributed by atoms with Crippen LogP contribution in [0.25, 0.3) is 11.1 Å². The number of pyridine rings is 1. The number of nitrogens with zero attached hydrogens (tertiary/aromatic N) is 3. The van der Waals surface area contributed by atoms with E-state index in [-0.39, 0.29) is 0 Å². The van der Waals surface area contributed by atoms with Crippen molar-refractivity contribution in [1.29, 1.82) is 0 Å². The summed E-state index contributed by atoms with van der Waals surface area (Å²) in [6, 6.07) is 5.40. The lowest BCUT2D eigenvalue weighted by molar-refractivity contribution is 0.395. The Labute approximate surface area is 161 Å². The van der Waals surface area contributed by atoms with Crippen LogP contribution in [0.15, 0.2) is 28.2 Å². The van der Waals surface area contributed by atoms with E-state index in [0.717, 1.165) is 5.56 Å². The molecular weight excluding hydrogens is 374 g/mol. The fourth-order valence-corrected chi connectivity index (χ4v) is 2.90. The Bertz CT molecular complexity index is 858. The van der Waals surface area contributed by atoms with Crippen LogP contribution in [0.1, 0.15) is 5.56 Å². The van der Waals surface area contributed by atoms with Crippen molar-refractivity contribution in [3.8, 4) is 22.6 Å². The van der Waals surface area contributed by atoms with E-state index < -0.39 is 0 Å². The van der Waals surface area contributed by atoms with Gasteiger partial charge in [0.1, 0.15) is 17.3 Å². The van der Waals surface area contributed by atoms with Crippen molar-refractivity contribution in [1.82, 2.24) is 4.98 Å². The largest absolute Gasteiger partial charge is 0.497 e. The van der Waals surface area contributed by atoms with Crippen molar-refractivity contribution < 1.29 is 9.47 Å². The molecule has 0 aliphatic heterocycles. The summed E-state index contributed by atoms with van der Waals surface area (Å²) in [5.74, 6) is 7.68. The number of aliphatic imine (C=N–C) groups is 2. The Hall–Kier alpha value is -2.29. The number of anilines is 1. The lowest BCUT2D eigenvalue weighted by Crippen LogP contribution is -2.10. The van der Waals surface area contributed by atoms with Gasteiger partial charge in [0.2, 0.25) is 0 Å². The molecule has 0 unspecified atom stereocenters. The molecule has 26 heavy (non-hydrogen) atoms. The highest BCUT2D eigenvalue weighted by Crippen LogP contribution is 2.42. The molecule has 3 N–H and O–H groups in total. The van der Waals surface area contributed by atoms with Gasteiger partial charge in [-0.3, -0.25) is 0 Å². The zero-order chi connectivity index (χ0) is 19.3. The smallest absolute Gasteiger partial charge is 0.188 e. The van der Waals surface area contributed by atoms with Gasteiger partial charge in [-0.1, -0.05) is 23.4 Å². The van der Waals surface area contributed by atoms with Crippen LogP contribution < -0.4 is 20.7 Å². The number of hydrazine groups is 1. The van der Waals surface area contributed by atoms with Crippen molar-refractivity contribution in [2.24, 2.45) is 15.8 Å². The van der Waals surface area contributed by atoms with Crippen LogP contribution in [0.5, 0.6) is 11.5 Å². The third-order valence-corrected chi connectivity index (χ3v) is 4.58. The number of ether oxygens (including phenoxy) is 2. The van der Waals surface area contributed by atoms with Crippen molar-refractivity contribution in [2.75, 3.05) is 25.9 Å². The predicted molar refractivity (Wildman–Crippen MR) is 110 cm³/mol. The summed E-state index contributed by atoms with van der Waals surface area (Å²) in [5.41, 5.74) is 4.80. The number of methoxy groups -OCH3 is 2. The molecule has 9 heteroatoms. The zero-order valence-electron chi connectivity index (χ0n) is 15.0. The second-order valence-corrected chi connectivity index (χ2v) is 6.27. The van der Waals surface area contributed by atoms with Crippen molar-refractivity contribution in [2.45, 2.75) is 6.92 Å². The number of hydrogen-bond donors (Lipinski definition) is 2. The first-order chi connectivity index (χ1) is 12.5. The molecule has 0 saturated carbocycles. The Morgan fingerprint density at radius 3 is 2.54 bits per heavy atom. The average molecular weight is 394 g/mol. The molecular formula is C17H20ClN5O2S. The van der Waals surface area contributed by atoms with E-state index in [1.165, 1.54) is 11.8 Å². The molecule has 0 bridgehead atoms. The number of nitrogens with two attached hydrogens (primary N) is 1. The minimum atomic E-state index is 0.413. The number of hydrogen-bond acceptors (Lipinski definition) is 7. The number of aromatic nitrogens is 1. The van der Waals surface area contributed by atoms with Crippen LogP contribution >= 0.6 is 23.4 Å². The summed E-state index contributed by atoms with van der Waals surface area (Å²) in [7, 11) is 3.11. The van der Waals surface area contributed by atoms with Gasteiger partial charge >= 0.3 is 0 Å². The summed E-state index contributed by atoms with van der Waals surface area (Å²) in [4.78, 5) is 12.7. The molecule has 1 aromatic heterocycles. The maximum atomic E-state index is 6.49. The van der Waals surface area contributed by atoms with Gasteiger partial charge in [-0.05, 0) is 37.6 Å². The first kappa shape index (κ1) is 20.0. The number of benzene rings is 1. The lowest BCUT2D eigenvalue weighted by Gasteiger charge is -2.15. The molecule has 2 rings (SSSR count). The summed E-state index contributed by atoms with van der Waals surface area (Å²) < 4.78 is 10.7. The third-order valence-electron chi connectivity index (χ3n) is 3.60. The SMILES string of the molecule is C=NC(=Nc1nc(NN)c(-c2cc(OC)cc(OC)c2Cl)cc1C)SC. The lowest BCUT2D eigenvalue weighted by atomic mass is 10.0. The highest BCUT2D eigenvalue weighted by Gasteiger charge is 2.17. The maximum Gasteiger partial charge on any atom is 0.188 e. The number of thioether (sulfide) groups is 1. The molecule has 0 aliphatic rings. The van der Waals surface area contributed by atoms with Crippen LogP contribution in [0.3, 0.4) is 0 Å². The van der Waals surface area contributed by atoms with E-state index >= 15 is 0 Å². The monoisotopic (exact) mass is 393 g/mol. The fourth-order valence-electron chi connectivity index (χ4n) is 2.30. The summed E-state index contributed by atoms with van der Waals surface area (Å²) in [6.07, 6.45) is 1.86. The van der Waals surface area contributed by atoms with Crippen LogP contribution in [-0.4, -0.2) is 37.3 Å². The fraction of sp³-hybridized carbons (Fsp3) is 0.235.